The Morgan fingerprint density at radius 3 is 3.09 bits per heavy atom. The minimum atomic E-state index is 0.0381. The zero-order chi connectivity index (χ0) is 7.52. The fourth-order valence-corrected chi connectivity index (χ4v) is 1.04. The summed E-state index contributed by atoms with van der Waals surface area (Å²) in [6.45, 7) is 0. The normalized spacial score (nSPS) is 21.6. The summed E-state index contributed by atoms with van der Waals surface area (Å²) >= 11 is 0. The van der Waals surface area contributed by atoms with Gasteiger partial charge in [-0.05, 0) is 12.1 Å². The molecule has 11 heavy (non-hydrogen) atoms. The van der Waals surface area contributed by atoms with E-state index in [4.69, 9.17) is 4.84 Å². The first-order valence-corrected chi connectivity index (χ1v) is 3.55. The van der Waals surface area contributed by atoms with Crippen LogP contribution >= 0.6 is 0 Å². The summed E-state index contributed by atoms with van der Waals surface area (Å²) in [5.41, 5.74) is 0.949. The average molecular weight is 148 g/mol. The average Bonchev–Trinajstić information content (AvgIpc) is 2.58. The van der Waals surface area contributed by atoms with Crippen LogP contribution in [0.5, 0.6) is 0 Å². The molecule has 1 aliphatic heterocycles. The lowest BCUT2D eigenvalue weighted by molar-refractivity contribution is 0.0826. The van der Waals surface area contributed by atoms with Gasteiger partial charge in [-0.2, -0.15) is 0 Å². The van der Waals surface area contributed by atoms with Crippen LogP contribution in [0.3, 0.4) is 0 Å². The minimum Gasteiger partial charge on any atom is -0.386 e. The van der Waals surface area contributed by atoms with E-state index in [1.807, 2.05) is 18.2 Å². The van der Waals surface area contributed by atoms with Crippen LogP contribution in [-0.4, -0.2) is 11.2 Å². The van der Waals surface area contributed by atoms with E-state index in [9.17, 15) is 0 Å². The summed E-state index contributed by atoms with van der Waals surface area (Å²) in [6.07, 6.45) is 4.39. The van der Waals surface area contributed by atoms with Crippen LogP contribution in [-0.2, 0) is 4.84 Å². The van der Waals surface area contributed by atoms with Crippen molar-refractivity contribution < 1.29 is 4.84 Å². The van der Waals surface area contributed by atoms with Gasteiger partial charge in [0.25, 0.3) is 0 Å². The molecule has 0 saturated carbocycles. The molecule has 3 heteroatoms. The van der Waals surface area contributed by atoms with Crippen molar-refractivity contribution in [3.8, 4) is 0 Å². The monoisotopic (exact) mass is 148 g/mol. The van der Waals surface area contributed by atoms with E-state index in [0.29, 0.717) is 0 Å². The highest BCUT2D eigenvalue weighted by Gasteiger charge is 2.15. The van der Waals surface area contributed by atoms with Crippen LogP contribution in [0.2, 0.25) is 0 Å². The molecule has 1 aliphatic rings. The largest absolute Gasteiger partial charge is 0.386 e. The van der Waals surface area contributed by atoms with E-state index in [0.717, 1.165) is 12.1 Å². The molecule has 1 aromatic heterocycles. The van der Waals surface area contributed by atoms with Gasteiger partial charge in [0.05, 0.1) is 5.69 Å². The van der Waals surface area contributed by atoms with Crippen LogP contribution in [0, 0.1) is 0 Å². The van der Waals surface area contributed by atoms with Crippen molar-refractivity contribution >= 4 is 6.21 Å². The van der Waals surface area contributed by atoms with Crippen LogP contribution in [0.15, 0.2) is 29.6 Å². The number of hydrogen-bond acceptors (Lipinski definition) is 3. The topological polar surface area (TPSA) is 34.5 Å². The molecule has 2 heterocycles. The van der Waals surface area contributed by atoms with Crippen molar-refractivity contribution in [3.05, 3.63) is 30.1 Å². The first-order chi connectivity index (χ1) is 5.47. The number of hydrogen-bond donors (Lipinski definition) is 0. The van der Waals surface area contributed by atoms with Gasteiger partial charge >= 0.3 is 0 Å². The standard InChI is InChI=1S/C8H8N2O/c1-2-5-9-7(3-1)8-4-6-10-11-8/h1-3,5-6,8H,4H2. The maximum atomic E-state index is 5.05. The van der Waals surface area contributed by atoms with E-state index < -0.39 is 0 Å². The highest BCUT2D eigenvalue weighted by atomic mass is 16.6. The third kappa shape index (κ3) is 1.22. The quantitative estimate of drug-likeness (QED) is 0.605. The molecular weight excluding hydrogens is 140 g/mol. The van der Waals surface area contributed by atoms with Gasteiger partial charge in [0.15, 0.2) is 6.10 Å². The lowest BCUT2D eigenvalue weighted by atomic mass is 10.2. The Hall–Kier alpha value is -1.38. The van der Waals surface area contributed by atoms with Crippen molar-refractivity contribution in [3.63, 3.8) is 0 Å². The Bertz CT molecular complexity index is 250. The van der Waals surface area contributed by atoms with Gasteiger partial charge in [0, 0.05) is 18.8 Å². The first kappa shape index (κ1) is 6.34. The fraction of sp³-hybridized carbons (Fsp3) is 0.250. The van der Waals surface area contributed by atoms with Gasteiger partial charge in [0.1, 0.15) is 0 Å². The van der Waals surface area contributed by atoms with Gasteiger partial charge in [0.2, 0.25) is 0 Å². The maximum absolute atomic E-state index is 5.05. The number of nitrogens with zero attached hydrogens (tertiary/aromatic N) is 2. The highest BCUT2D eigenvalue weighted by Crippen LogP contribution is 2.21. The Labute approximate surface area is 64.7 Å². The summed E-state index contributed by atoms with van der Waals surface area (Å²) in [5.74, 6) is 0. The van der Waals surface area contributed by atoms with Crippen LogP contribution in [0.25, 0.3) is 0 Å². The van der Waals surface area contributed by atoms with E-state index >= 15 is 0 Å². The molecule has 0 aliphatic carbocycles. The van der Waals surface area contributed by atoms with Gasteiger partial charge in [-0.15, -0.1) is 0 Å². The molecule has 3 nitrogen and oxygen atoms in total. The number of aromatic nitrogens is 1. The van der Waals surface area contributed by atoms with Crippen molar-refractivity contribution in [2.45, 2.75) is 12.5 Å². The predicted molar refractivity (Wildman–Crippen MR) is 41.2 cm³/mol. The second-order valence-electron chi connectivity index (χ2n) is 2.37. The summed E-state index contributed by atoms with van der Waals surface area (Å²) in [6, 6.07) is 5.78. The molecule has 1 aromatic rings. The van der Waals surface area contributed by atoms with E-state index in [1.165, 1.54) is 0 Å². The summed E-state index contributed by atoms with van der Waals surface area (Å²) in [5, 5.41) is 3.68. The molecule has 0 N–H and O–H groups in total. The maximum Gasteiger partial charge on any atom is 0.174 e. The van der Waals surface area contributed by atoms with Crippen LogP contribution in [0.1, 0.15) is 18.2 Å². The first-order valence-electron chi connectivity index (χ1n) is 3.55. The van der Waals surface area contributed by atoms with Crippen LogP contribution in [0.4, 0.5) is 0 Å². The van der Waals surface area contributed by atoms with Crippen molar-refractivity contribution in [2.24, 2.45) is 5.16 Å². The molecule has 0 spiro atoms. The SMILES string of the molecule is C1=NOC(c2ccccn2)C1. The van der Waals surface area contributed by atoms with Crippen molar-refractivity contribution in [2.75, 3.05) is 0 Å². The molecule has 0 fully saturated rings. The van der Waals surface area contributed by atoms with Crippen molar-refractivity contribution in [1.29, 1.82) is 0 Å². The van der Waals surface area contributed by atoms with Crippen LogP contribution < -0.4 is 0 Å². The third-order valence-electron chi connectivity index (χ3n) is 1.60. The molecule has 0 saturated heterocycles. The highest BCUT2D eigenvalue weighted by molar-refractivity contribution is 5.58. The van der Waals surface area contributed by atoms with Crippen molar-refractivity contribution in [1.82, 2.24) is 4.98 Å². The van der Waals surface area contributed by atoms with E-state index in [2.05, 4.69) is 10.1 Å². The lowest BCUT2D eigenvalue weighted by Crippen LogP contribution is -1.97. The molecule has 1 atom stereocenters. The zero-order valence-electron chi connectivity index (χ0n) is 5.97. The fourth-order valence-electron chi connectivity index (χ4n) is 1.04. The second-order valence-corrected chi connectivity index (χ2v) is 2.37. The Kier molecular flexibility index (Phi) is 1.55. The molecule has 56 valence electrons. The van der Waals surface area contributed by atoms with Gasteiger partial charge in [-0.1, -0.05) is 11.2 Å². The number of pyridine rings is 1. The molecule has 0 amide bonds. The summed E-state index contributed by atoms with van der Waals surface area (Å²) < 4.78 is 0. The second kappa shape index (κ2) is 2.70. The van der Waals surface area contributed by atoms with E-state index in [-0.39, 0.29) is 6.10 Å². The van der Waals surface area contributed by atoms with Gasteiger partial charge in [-0.25, -0.2) is 0 Å². The third-order valence-corrected chi connectivity index (χ3v) is 1.60. The Morgan fingerprint density at radius 1 is 1.45 bits per heavy atom. The zero-order valence-corrected chi connectivity index (χ0v) is 5.97. The minimum absolute atomic E-state index is 0.0381. The Morgan fingerprint density at radius 2 is 2.45 bits per heavy atom. The molecule has 1 unspecified atom stereocenters. The smallest absolute Gasteiger partial charge is 0.174 e. The van der Waals surface area contributed by atoms with Gasteiger partial charge in [-0.3, -0.25) is 4.98 Å². The molecule has 2 rings (SSSR count). The molecule has 0 radical (unpaired) electrons. The molecule has 0 aromatic carbocycles. The Balaban J connectivity index is 2.17. The van der Waals surface area contributed by atoms with Gasteiger partial charge < -0.3 is 4.84 Å². The number of rotatable bonds is 1. The number of oxime groups is 1. The van der Waals surface area contributed by atoms with E-state index in [1.54, 1.807) is 12.4 Å². The predicted octanol–water partition coefficient (Wildman–Crippen LogP) is 1.53. The molecular formula is C8H8N2O. The molecule has 0 bridgehead atoms. The summed E-state index contributed by atoms with van der Waals surface area (Å²) in [4.78, 5) is 9.20. The lowest BCUT2D eigenvalue weighted by Gasteiger charge is -2.05. The summed E-state index contributed by atoms with van der Waals surface area (Å²) in [7, 11) is 0.